The van der Waals surface area contributed by atoms with E-state index in [2.05, 4.69) is 17.1 Å². The first-order chi connectivity index (χ1) is 5.83. The molecule has 1 rings (SSSR count). The highest BCUT2D eigenvalue weighted by molar-refractivity contribution is 5.03. The lowest BCUT2D eigenvalue weighted by molar-refractivity contribution is 0.378. The van der Waals surface area contributed by atoms with Crippen LogP contribution in [0.15, 0.2) is 18.3 Å². The van der Waals surface area contributed by atoms with Crippen molar-refractivity contribution < 1.29 is 0 Å². The quantitative estimate of drug-likeness (QED) is 0.673. The lowest BCUT2D eigenvalue weighted by atomic mass is 10.3. The summed E-state index contributed by atoms with van der Waals surface area (Å²) in [5, 5.41) is 8.39. The van der Waals surface area contributed by atoms with E-state index in [9.17, 15) is 0 Å². The van der Waals surface area contributed by atoms with Crippen molar-refractivity contribution in [2.75, 3.05) is 20.1 Å². The van der Waals surface area contributed by atoms with Crippen LogP contribution in [0.2, 0.25) is 0 Å². The second-order valence-corrected chi connectivity index (χ2v) is 2.84. The van der Waals surface area contributed by atoms with E-state index in [0.29, 0.717) is 6.54 Å². The molecule has 3 heteroatoms. The average molecular weight is 163 g/mol. The zero-order valence-electron chi connectivity index (χ0n) is 7.25. The third kappa shape index (κ3) is 2.77. The summed E-state index contributed by atoms with van der Waals surface area (Å²) >= 11 is 0. The van der Waals surface area contributed by atoms with Crippen molar-refractivity contribution in [2.45, 2.75) is 6.42 Å². The SMILES string of the molecule is CN(CC#N)CCc1ccc[nH]1. The van der Waals surface area contributed by atoms with Gasteiger partial charge in [0.1, 0.15) is 0 Å². The van der Waals surface area contributed by atoms with E-state index in [4.69, 9.17) is 5.26 Å². The Labute approximate surface area is 72.6 Å². The summed E-state index contributed by atoms with van der Waals surface area (Å²) in [5.41, 5.74) is 1.22. The molecule has 0 aliphatic rings. The summed E-state index contributed by atoms with van der Waals surface area (Å²) in [6.07, 6.45) is 2.89. The number of nitrogens with zero attached hydrogens (tertiary/aromatic N) is 2. The Hall–Kier alpha value is -1.27. The second-order valence-electron chi connectivity index (χ2n) is 2.84. The highest BCUT2D eigenvalue weighted by atomic mass is 15.1. The first-order valence-corrected chi connectivity index (χ1v) is 4.00. The third-order valence-electron chi connectivity index (χ3n) is 1.77. The van der Waals surface area contributed by atoms with Gasteiger partial charge in [-0.1, -0.05) is 0 Å². The zero-order chi connectivity index (χ0) is 8.81. The van der Waals surface area contributed by atoms with Crippen molar-refractivity contribution in [2.24, 2.45) is 0 Å². The predicted octanol–water partition coefficient (Wildman–Crippen LogP) is 1.01. The molecule has 0 radical (unpaired) electrons. The Morgan fingerprint density at radius 1 is 1.67 bits per heavy atom. The van der Waals surface area contributed by atoms with Gasteiger partial charge in [-0.2, -0.15) is 5.26 Å². The molecule has 0 spiro atoms. The molecule has 0 aliphatic carbocycles. The van der Waals surface area contributed by atoms with Crippen LogP contribution in [0.4, 0.5) is 0 Å². The first-order valence-electron chi connectivity index (χ1n) is 4.00. The standard InChI is InChI=1S/C9H13N3/c1-12(8-5-10)7-4-9-3-2-6-11-9/h2-3,6,11H,4,7-8H2,1H3. The maximum Gasteiger partial charge on any atom is 0.0863 e. The molecule has 0 aromatic carbocycles. The van der Waals surface area contributed by atoms with Gasteiger partial charge < -0.3 is 4.98 Å². The highest BCUT2D eigenvalue weighted by Gasteiger charge is 1.97. The largest absolute Gasteiger partial charge is 0.365 e. The molecule has 64 valence electrons. The van der Waals surface area contributed by atoms with E-state index >= 15 is 0 Å². The second kappa shape index (κ2) is 4.58. The van der Waals surface area contributed by atoms with E-state index in [0.717, 1.165) is 13.0 Å². The number of nitriles is 1. The number of rotatable bonds is 4. The maximum atomic E-state index is 8.39. The molecule has 1 aromatic rings. The number of aromatic amines is 1. The molecule has 1 aromatic heterocycles. The average Bonchev–Trinajstić information content (AvgIpc) is 2.53. The van der Waals surface area contributed by atoms with Gasteiger partial charge in [-0.3, -0.25) is 4.90 Å². The molecular formula is C9H13N3. The van der Waals surface area contributed by atoms with Crippen molar-refractivity contribution >= 4 is 0 Å². The van der Waals surface area contributed by atoms with Gasteiger partial charge in [-0.05, 0) is 19.2 Å². The van der Waals surface area contributed by atoms with Crippen LogP contribution in [-0.4, -0.2) is 30.0 Å². The molecule has 0 saturated carbocycles. The highest BCUT2D eigenvalue weighted by Crippen LogP contribution is 1.96. The molecule has 0 atom stereocenters. The fourth-order valence-corrected chi connectivity index (χ4v) is 1.03. The molecule has 1 heterocycles. The van der Waals surface area contributed by atoms with Gasteiger partial charge in [-0.25, -0.2) is 0 Å². The van der Waals surface area contributed by atoms with Crippen LogP contribution < -0.4 is 0 Å². The van der Waals surface area contributed by atoms with Crippen molar-refractivity contribution in [1.82, 2.24) is 9.88 Å². The Morgan fingerprint density at radius 2 is 2.50 bits per heavy atom. The third-order valence-corrected chi connectivity index (χ3v) is 1.77. The van der Waals surface area contributed by atoms with E-state index in [-0.39, 0.29) is 0 Å². The number of nitrogens with one attached hydrogen (secondary N) is 1. The molecule has 0 fully saturated rings. The molecule has 0 saturated heterocycles. The minimum atomic E-state index is 0.501. The summed E-state index contributed by atoms with van der Waals surface area (Å²) in [5.74, 6) is 0. The fourth-order valence-electron chi connectivity index (χ4n) is 1.03. The molecule has 0 bridgehead atoms. The molecule has 12 heavy (non-hydrogen) atoms. The number of hydrogen-bond donors (Lipinski definition) is 1. The van der Waals surface area contributed by atoms with Crippen LogP contribution in [0.1, 0.15) is 5.69 Å². The molecule has 0 amide bonds. The van der Waals surface area contributed by atoms with Crippen LogP contribution in [0, 0.1) is 11.3 Å². The van der Waals surface area contributed by atoms with Crippen molar-refractivity contribution in [3.8, 4) is 6.07 Å². The monoisotopic (exact) mass is 163 g/mol. The maximum absolute atomic E-state index is 8.39. The van der Waals surface area contributed by atoms with Crippen molar-refractivity contribution in [3.63, 3.8) is 0 Å². The van der Waals surface area contributed by atoms with E-state index in [1.165, 1.54) is 5.69 Å². The van der Waals surface area contributed by atoms with Gasteiger partial charge in [0.15, 0.2) is 0 Å². The Bertz CT molecular complexity index is 245. The van der Waals surface area contributed by atoms with Gasteiger partial charge in [0.2, 0.25) is 0 Å². The molecular weight excluding hydrogens is 150 g/mol. The van der Waals surface area contributed by atoms with Gasteiger partial charge >= 0.3 is 0 Å². The van der Waals surface area contributed by atoms with Gasteiger partial charge in [0.05, 0.1) is 12.6 Å². The van der Waals surface area contributed by atoms with Crippen LogP contribution in [0.25, 0.3) is 0 Å². The Morgan fingerprint density at radius 3 is 3.08 bits per heavy atom. The fraction of sp³-hybridized carbons (Fsp3) is 0.444. The number of aromatic nitrogens is 1. The normalized spacial score (nSPS) is 10.1. The van der Waals surface area contributed by atoms with Gasteiger partial charge in [0.25, 0.3) is 0 Å². The predicted molar refractivity (Wildman–Crippen MR) is 47.6 cm³/mol. The summed E-state index contributed by atoms with van der Waals surface area (Å²) in [6.45, 7) is 1.43. The van der Waals surface area contributed by atoms with Crippen molar-refractivity contribution in [1.29, 1.82) is 5.26 Å². The molecule has 0 aliphatic heterocycles. The smallest absolute Gasteiger partial charge is 0.0863 e. The van der Waals surface area contributed by atoms with Gasteiger partial charge in [-0.15, -0.1) is 0 Å². The molecule has 3 nitrogen and oxygen atoms in total. The van der Waals surface area contributed by atoms with Crippen LogP contribution >= 0.6 is 0 Å². The lowest BCUT2D eigenvalue weighted by Crippen LogP contribution is -2.21. The van der Waals surface area contributed by atoms with Crippen LogP contribution in [-0.2, 0) is 6.42 Å². The zero-order valence-corrected chi connectivity index (χ0v) is 7.25. The first kappa shape index (κ1) is 8.82. The van der Waals surface area contributed by atoms with Gasteiger partial charge in [0, 0.05) is 24.9 Å². The van der Waals surface area contributed by atoms with E-state index in [1.54, 1.807) is 0 Å². The van der Waals surface area contributed by atoms with E-state index in [1.807, 2.05) is 24.2 Å². The minimum Gasteiger partial charge on any atom is -0.365 e. The molecule has 1 N–H and O–H groups in total. The Kier molecular flexibility index (Phi) is 3.36. The summed E-state index contributed by atoms with van der Waals surface area (Å²) < 4.78 is 0. The van der Waals surface area contributed by atoms with Crippen LogP contribution in [0.5, 0.6) is 0 Å². The minimum absolute atomic E-state index is 0.501. The number of likely N-dealkylation sites (N-methyl/N-ethyl adjacent to an activating group) is 1. The Balaban J connectivity index is 2.23. The molecule has 0 unspecified atom stereocenters. The van der Waals surface area contributed by atoms with Crippen molar-refractivity contribution in [3.05, 3.63) is 24.0 Å². The van der Waals surface area contributed by atoms with E-state index < -0.39 is 0 Å². The topological polar surface area (TPSA) is 42.8 Å². The lowest BCUT2D eigenvalue weighted by Gasteiger charge is -2.10. The number of hydrogen-bond acceptors (Lipinski definition) is 2. The van der Waals surface area contributed by atoms with Crippen LogP contribution in [0.3, 0.4) is 0 Å². The summed E-state index contributed by atoms with van der Waals surface area (Å²) in [6, 6.07) is 6.15. The number of H-pyrrole nitrogens is 1. The summed E-state index contributed by atoms with van der Waals surface area (Å²) in [7, 11) is 1.95. The summed E-state index contributed by atoms with van der Waals surface area (Å²) in [4.78, 5) is 5.13.